The number of ether oxygens (including phenoxy) is 2. The molecule has 1 unspecified atom stereocenters. The van der Waals surface area contributed by atoms with Gasteiger partial charge in [0.2, 0.25) is 0 Å². The molecule has 0 saturated heterocycles. The standard InChI is InChI=1S/C33H42FN3O4/c1-23(2)37-29-15-14-28(34)21-30(29)36(33(37)39)18-9-8-17-35(5)19-16-31(40-22-32(38)41-24(3)4)27-13-12-25-10-6-7-11-26(25)20-27/h6-7,10-15,20-21,23-24,31H,8-9,16-19,22H2,1-5H3. The van der Waals surface area contributed by atoms with Crippen LogP contribution in [-0.4, -0.2) is 52.9 Å². The molecule has 4 aromatic rings. The maximum atomic E-state index is 14.0. The fourth-order valence-electron chi connectivity index (χ4n) is 5.29. The van der Waals surface area contributed by atoms with E-state index in [1.165, 1.54) is 12.1 Å². The number of carbonyl (C=O) groups excluding carboxylic acids is 1. The molecule has 0 saturated carbocycles. The minimum Gasteiger partial charge on any atom is -0.461 e. The quantitative estimate of drug-likeness (QED) is 0.130. The minimum absolute atomic E-state index is 0.00663. The molecule has 0 amide bonds. The predicted molar refractivity (Wildman–Crippen MR) is 162 cm³/mol. The first-order valence-electron chi connectivity index (χ1n) is 14.5. The molecular weight excluding hydrogens is 521 g/mol. The Hall–Kier alpha value is -3.49. The largest absolute Gasteiger partial charge is 0.461 e. The second-order valence-corrected chi connectivity index (χ2v) is 11.3. The van der Waals surface area contributed by atoms with Gasteiger partial charge in [-0.25, -0.2) is 14.0 Å². The van der Waals surface area contributed by atoms with Crippen LogP contribution in [0.4, 0.5) is 4.39 Å². The van der Waals surface area contributed by atoms with Crippen molar-refractivity contribution in [2.45, 2.75) is 71.8 Å². The van der Waals surface area contributed by atoms with E-state index in [1.54, 1.807) is 15.2 Å². The Bertz CT molecular complexity index is 1520. The van der Waals surface area contributed by atoms with Crippen molar-refractivity contribution in [3.05, 3.63) is 82.5 Å². The highest BCUT2D eigenvalue weighted by Crippen LogP contribution is 2.26. The molecule has 0 N–H and O–H groups in total. The van der Waals surface area contributed by atoms with Gasteiger partial charge in [-0.3, -0.25) is 9.13 Å². The first-order valence-corrected chi connectivity index (χ1v) is 14.5. The Kier molecular flexibility index (Phi) is 10.3. The van der Waals surface area contributed by atoms with Crippen LogP contribution in [0.2, 0.25) is 0 Å². The van der Waals surface area contributed by atoms with Gasteiger partial charge in [-0.15, -0.1) is 0 Å². The van der Waals surface area contributed by atoms with Gasteiger partial charge in [0, 0.05) is 19.1 Å². The fourth-order valence-corrected chi connectivity index (χ4v) is 5.29. The van der Waals surface area contributed by atoms with Crippen LogP contribution in [0.3, 0.4) is 0 Å². The summed E-state index contributed by atoms with van der Waals surface area (Å²) in [7, 11) is 2.07. The van der Waals surface area contributed by atoms with Crippen LogP contribution in [0.25, 0.3) is 21.8 Å². The number of hydrogen-bond donors (Lipinski definition) is 0. The van der Waals surface area contributed by atoms with Crippen molar-refractivity contribution in [1.82, 2.24) is 14.0 Å². The highest BCUT2D eigenvalue weighted by Gasteiger charge is 2.18. The summed E-state index contributed by atoms with van der Waals surface area (Å²) < 4.78 is 28.8. The van der Waals surface area contributed by atoms with Gasteiger partial charge in [0.05, 0.1) is 23.2 Å². The lowest BCUT2D eigenvalue weighted by Gasteiger charge is -2.23. The van der Waals surface area contributed by atoms with Crippen LogP contribution < -0.4 is 5.69 Å². The number of fused-ring (bicyclic) bond motifs is 2. The maximum absolute atomic E-state index is 14.0. The lowest BCUT2D eigenvalue weighted by Crippen LogP contribution is -2.27. The van der Waals surface area contributed by atoms with Crippen molar-refractivity contribution in [2.24, 2.45) is 0 Å². The summed E-state index contributed by atoms with van der Waals surface area (Å²) in [6.45, 7) is 9.62. The predicted octanol–water partition coefficient (Wildman–Crippen LogP) is 6.49. The zero-order chi connectivity index (χ0) is 29.5. The summed E-state index contributed by atoms with van der Waals surface area (Å²) in [5.74, 6) is -0.708. The Labute approximate surface area is 241 Å². The van der Waals surface area contributed by atoms with E-state index >= 15 is 0 Å². The highest BCUT2D eigenvalue weighted by molar-refractivity contribution is 5.83. The number of nitrogens with zero attached hydrogens (tertiary/aromatic N) is 3. The molecule has 8 heteroatoms. The fraction of sp³-hybridized carbons (Fsp3) is 0.455. The molecule has 4 rings (SSSR count). The third-order valence-electron chi connectivity index (χ3n) is 7.30. The number of unbranched alkanes of at least 4 members (excludes halogenated alkanes) is 1. The topological polar surface area (TPSA) is 65.7 Å². The number of imidazole rings is 1. The van der Waals surface area contributed by atoms with Gasteiger partial charge in [0.1, 0.15) is 12.4 Å². The number of hydrogen-bond acceptors (Lipinski definition) is 5. The average molecular weight is 564 g/mol. The van der Waals surface area contributed by atoms with Crippen molar-refractivity contribution < 1.29 is 18.7 Å². The summed E-state index contributed by atoms with van der Waals surface area (Å²) >= 11 is 0. The number of rotatable bonds is 14. The summed E-state index contributed by atoms with van der Waals surface area (Å²) in [6.07, 6.45) is 1.95. The Morgan fingerprint density at radius 3 is 2.41 bits per heavy atom. The smallest absolute Gasteiger partial charge is 0.332 e. The molecule has 220 valence electrons. The monoisotopic (exact) mass is 563 g/mol. The summed E-state index contributed by atoms with van der Waals surface area (Å²) in [5, 5.41) is 2.29. The van der Waals surface area contributed by atoms with Gasteiger partial charge in [-0.1, -0.05) is 36.4 Å². The van der Waals surface area contributed by atoms with E-state index in [-0.39, 0.29) is 42.3 Å². The zero-order valence-corrected chi connectivity index (χ0v) is 24.8. The SMILES string of the molecule is CC(C)OC(=O)COC(CCN(C)CCCCn1c(=O)n(C(C)C)c2ccc(F)cc21)c1ccc2ccccc2c1. The van der Waals surface area contributed by atoms with Gasteiger partial charge in [0.15, 0.2) is 0 Å². The van der Waals surface area contributed by atoms with E-state index in [4.69, 9.17) is 9.47 Å². The van der Waals surface area contributed by atoms with Crippen LogP contribution in [0.1, 0.15) is 64.7 Å². The van der Waals surface area contributed by atoms with E-state index in [9.17, 15) is 14.0 Å². The molecular formula is C33H42FN3O4. The van der Waals surface area contributed by atoms with E-state index in [0.717, 1.165) is 47.8 Å². The van der Waals surface area contributed by atoms with Gasteiger partial charge in [-0.2, -0.15) is 0 Å². The number of carbonyl (C=O) groups is 1. The molecule has 0 aliphatic carbocycles. The van der Waals surface area contributed by atoms with Crippen molar-refractivity contribution in [3.63, 3.8) is 0 Å². The van der Waals surface area contributed by atoms with E-state index < -0.39 is 0 Å². The Balaban J connectivity index is 1.35. The molecule has 7 nitrogen and oxygen atoms in total. The van der Waals surface area contributed by atoms with Crippen molar-refractivity contribution in [3.8, 4) is 0 Å². The first-order chi connectivity index (χ1) is 19.6. The van der Waals surface area contributed by atoms with Crippen molar-refractivity contribution in [2.75, 3.05) is 26.7 Å². The Morgan fingerprint density at radius 1 is 0.927 bits per heavy atom. The summed E-state index contributed by atoms with van der Waals surface area (Å²) in [4.78, 5) is 27.5. The minimum atomic E-state index is -0.368. The van der Waals surface area contributed by atoms with E-state index in [0.29, 0.717) is 18.5 Å². The molecule has 1 atom stereocenters. The van der Waals surface area contributed by atoms with Crippen LogP contribution >= 0.6 is 0 Å². The van der Waals surface area contributed by atoms with Gasteiger partial charge < -0.3 is 14.4 Å². The number of aryl methyl sites for hydroxylation is 1. The molecule has 0 aliphatic rings. The molecule has 0 fully saturated rings. The molecule has 0 bridgehead atoms. The van der Waals surface area contributed by atoms with Crippen molar-refractivity contribution >= 4 is 27.8 Å². The van der Waals surface area contributed by atoms with Crippen LogP contribution in [0.5, 0.6) is 0 Å². The lowest BCUT2D eigenvalue weighted by molar-refractivity contribution is -0.155. The second kappa shape index (κ2) is 13.9. The molecule has 1 aromatic heterocycles. The molecule has 41 heavy (non-hydrogen) atoms. The van der Waals surface area contributed by atoms with Crippen molar-refractivity contribution in [1.29, 1.82) is 0 Å². The molecule has 1 heterocycles. The van der Waals surface area contributed by atoms with Gasteiger partial charge in [-0.05, 0) is 101 Å². The van der Waals surface area contributed by atoms with E-state index in [1.807, 2.05) is 39.8 Å². The number of aromatic nitrogens is 2. The third kappa shape index (κ3) is 7.83. The lowest BCUT2D eigenvalue weighted by atomic mass is 10.0. The molecule has 0 radical (unpaired) electrons. The summed E-state index contributed by atoms with van der Waals surface area (Å²) in [6, 6.07) is 19.0. The number of halogens is 1. The number of benzene rings is 3. The zero-order valence-electron chi connectivity index (χ0n) is 24.8. The normalized spacial score (nSPS) is 12.7. The van der Waals surface area contributed by atoms with Gasteiger partial charge >= 0.3 is 11.7 Å². The summed E-state index contributed by atoms with van der Waals surface area (Å²) in [5.41, 5.74) is 2.34. The highest BCUT2D eigenvalue weighted by atomic mass is 19.1. The van der Waals surface area contributed by atoms with E-state index in [2.05, 4.69) is 42.3 Å². The molecule has 0 aliphatic heterocycles. The molecule has 0 spiro atoms. The second-order valence-electron chi connectivity index (χ2n) is 11.3. The maximum Gasteiger partial charge on any atom is 0.332 e. The first kappa shape index (κ1) is 30.5. The van der Waals surface area contributed by atoms with Gasteiger partial charge in [0.25, 0.3) is 0 Å². The van der Waals surface area contributed by atoms with Crippen LogP contribution in [0, 0.1) is 5.82 Å². The van der Waals surface area contributed by atoms with Crippen LogP contribution in [0.15, 0.2) is 65.5 Å². The average Bonchev–Trinajstić information content (AvgIpc) is 3.20. The Morgan fingerprint density at radius 2 is 1.68 bits per heavy atom. The molecule has 3 aromatic carbocycles. The van der Waals surface area contributed by atoms with Crippen LogP contribution in [-0.2, 0) is 20.8 Å². The third-order valence-corrected chi connectivity index (χ3v) is 7.30. The number of esters is 1.